The lowest BCUT2D eigenvalue weighted by Gasteiger charge is -2.26. The Morgan fingerprint density at radius 1 is 1.62 bits per heavy atom. The molecule has 0 aliphatic heterocycles. The summed E-state index contributed by atoms with van der Waals surface area (Å²) in [5.41, 5.74) is -0.352. The predicted octanol–water partition coefficient (Wildman–Crippen LogP) is 1.28. The quantitative estimate of drug-likeness (QED) is 0.833. The molecular formula is C10H14N2O3S. The molecule has 1 amide bonds. The molecule has 1 atom stereocenters. The Kier molecular flexibility index (Phi) is 3.64. The van der Waals surface area contributed by atoms with Crippen LogP contribution in [0.2, 0.25) is 0 Å². The molecule has 0 aliphatic carbocycles. The maximum Gasteiger partial charge on any atom is 0.306 e. The number of carbonyl (C=O) groups excluding carboxylic acids is 1. The van der Waals surface area contributed by atoms with E-state index in [0.29, 0.717) is 5.69 Å². The summed E-state index contributed by atoms with van der Waals surface area (Å²) in [5, 5.41) is 14.1. The van der Waals surface area contributed by atoms with Crippen molar-refractivity contribution >= 4 is 23.2 Å². The first-order valence-corrected chi connectivity index (χ1v) is 5.64. The van der Waals surface area contributed by atoms with Crippen molar-refractivity contribution in [1.82, 2.24) is 10.3 Å². The van der Waals surface area contributed by atoms with Crippen molar-refractivity contribution < 1.29 is 14.7 Å². The van der Waals surface area contributed by atoms with Gasteiger partial charge in [0.15, 0.2) is 0 Å². The minimum atomic E-state index is -0.970. The van der Waals surface area contributed by atoms with E-state index in [-0.39, 0.29) is 12.3 Å². The Bertz CT molecular complexity index is 398. The maximum absolute atomic E-state index is 11.1. The number of hydrogen-bond acceptors (Lipinski definition) is 4. The molecule has 1 heterocycles. The zero-order valence-corrected chi connectivity index (χ0v) is 10.2. The molecule has 88 valence electrons. The van der Waals surface area contributed by atoms with E-state index in [2.05, 4.69) is 10.3 Å². The van der Waals surface area contributed by atoms with Crippen LogP contribution in [0.4, 0.5) is 0 Å². The van der Waals surface area contributed by atoms with Crippen LogP contribution in [0.15, 0.2) is 5.38 Å². The molecule has 0 aromatic carbocycles. The lowest BCUT2D eigenvalue weighted by molar-refractivity contribution is -0.139. The normalized spacial score (nSPS) is 14.2. The van der Waals surface area contributed by atoms with Gasteiger partial charge in [0, 0.05) is 12.3 Å². The van der Waals surface area contributed by atoms with E-state index in [4.69, 9.17) is 5.11 Å². The lowest BCUT2D eigenvalue weighted by Crippen LogP contribution is -2.44. The van der Waals surface area contributed by atoms with Crippen LogP contribution in [0.25, 0.3) is 0 Å². The summed E-state index contributed by atoms with van der Waals surface area (Å²) < 4.78 is 0. The van der Waals surface area contributed by atoms with Crippen molar-refractivity contribution in [3.63, 3.8) is 0 Å². The number of carboxylic acids is 1. The number of nitrogens with one attached hydrogen (secondary N) is 1. The van der Waals surface area contributed by atoms with Crippen LogP contribution >= 0.6 is 11.3 Å². The SMILES string of the molecule is CC(=O)NC(C)(CC(=O)O)c1csc(C)n1. The number of rotatable bonds is 4. The van der Waals surface area contributed by atoms with E-state index < -0.39 is 11.5 Å². The largest absolute Gasteiger partial charge is 0.481 e. The molecule has 0 radical (unpaired) electrons. The number of aliphatic carboxylic acids is 1. The Labute approximate surface area is 97.5 Å². The van der Waals surface area contributed by atoms with Crippen LogP contribution in [-0.2, 0) is 15.1 Å². The molecule has 0 fully saturated rings. The van der Waals surface area contributed by atoms with Crippen molar-refractivity contribution in [2.24, 2.45) is 0 Å². The van der Waals surface area contributed by atoms with Crippen LogP contribution in [0.5, 0.6) is 0 Å². The fourth-order valence-corrected chi connectivity index (χ4v) is 2.25. The maximum atomic E-state index is 11.1. The van der Waals surface area contributed by atoms with E-state index in [1.165, 1.54) is 18.3 Å². The molecule has 1 aromatic rings. The molecular weight excluding hydrogens is 228 g/mol. The minimum Gasteiger partial charge on any atom is -0.481 e. The molecule has 0 aliphatic rings. The molecule has 0 spiro atoms. The van der Waals surface area contributed by atoms with E-state index >= 15 is 0 Å². The van der Waals surface area contributed by atoms with Gasteiger partial charge in [-0.05, 0) is 13.8 Å². The standard InChI is InChI=1S/C10H14N2O3S/c1-6(13)12-10(3,4-9(14)15)8-5-16-7(2)11-8/h5H,4H2,1-3H3,(H,12,13)(H,14,15). The van der Waals surface area contributed by atoms with Crippen molar-refractivity contribution in [3.05, 3.63) is 16.1 Å². The van der Waals surface area contributed by atoms with Crippen molar-refractivity contribution in [3.8, 4) is 0 Å². The molecule has 16 heavy (non-hydrogen) atoms. The Morgan fingerprint density at radius 2 is 2.25 bits per heavy atom. The van der Waals surface area contributed by atoms with Crippen molar-refractivity contribution in [2.45, 2.75) is 32.7 Å². The van der Waals surface area contributed by atoms with Gasteiger partial charge in [-0.3, -0.25) is 9.59 Å². The van der Waals surface area contributed by atoms with Crippen LogP contribution in [-0.4, -0.2) is 22.0 Å². The van der Waals surface area contributed by atoms with Crippen LogP contribution in [0.1, 0.15) is 31.0 Å². The second-order valence-electron chi connectivity index (χ2n) is 3.84. The third kappa shape index (κ3) is 3.03. The number of thiazole rings is 1. The van der Waals surface area contributed by atoms with Gasteiger partial charge in [-0.15, -0.1) is 11.3 Å². The van der Waals surface area contributed by atoms with Gasteiger partial charge in [-0.1, -0.05) is 0 Å². The monoisotopic (exact) mass is 242 g/mol. The predicted molar refractivity (Wildman–Crippen MR) is 60.3 cm³/mol. The molecule has 6 heteroatoms. The smallest absolute Gasteiger partial charge is 0.306 e. The second kappa shape index (κ2) is 4.61. The first-order valence-electron chi connectivity index (χ1n) is 4.76. The van der Waals surface area contributed by atoms with Gasteiger partial charge in [0.2, 0.25) is 5.91 Å². The summed E-state index contributed by atoms with van der Waals surface area (Å²) in [6.07, 6.45) is -0.185. The van der Waals surface area contributed by atoms with E-state index in [1.807, 2.05) is 6.92 Å². The highest BCUT2D eigenvalue weighted by Gasteiger charge is 2.32. The van der Waals surface area contributed by atoms with Gasteiger partial charge >= 0.3 is 5.97 Å². The third-order valence-electron chi connectivity index (χ3n) is 2.14. The van der Waals surface area contributed by atoms with E-state index in [1.54, 1.807) is 12.3 Å². The molecule has 5 nitrogen and oxygen atoms in total. The lowest BCUT2D eigenvalue weighted by atomic mass is 9.94. The molecule has 1 rings (SSSR count). The number of amides is 1. The molecule has 0 saturated heterocycles. The number of carboxylic acid groups (broad SMARTS) is 1. The Hall–Kier alpha value is -1.43. The van der Waals surface area contributed by atoms with Crippen LogP contribution in [0, 0.1) is 6.92 Å². The third-order valence-corrected chi connectivity index (χ3v) is 2.91. The van der Waals surface area contributed by atoms with E-state index in [0.717, 1.165) is 5.01 Å². The van der Waals surface area contributed by atoms with Crippen molar-refractivity contribution in [2.75, 3.05) is 0 Å². The number of hydrogen-bond donors (Lipinski definition) is 2. The summed E-state index contributed by atoms with van der Waals surface area (Å²) in [6.45, 7) is 4.86. The van der Waals surface area contributed by atoms with E-state index in [9.17, 15) is 9.59 Å². The zero-order valence-electron chi connectivity index (χ0n) is 9.40. The summed E-state index contributed by atoms with van der Waals surface area (Å²) in [5.74, 6) is -1.24. The van der Waals surface area contributed by atoms with Crippen LogP contribution < -0.4 is 5.32 Å². The topological polar surface area (TPSA) is 79.3 Å². The summed E-state index contributed by atoms with van der Waals surface area (Å²) >= 11 is 1.43. The summed E-state index contributed by atoms with van der Waals surface area (Å²) in [7, 11) is 0. The highest BCUT2D eigenvalue weighted by atomic mass is 32.1. The molecule has 1 unspecified atom stereocenters. The number of nitrogens with zero attached hydrogens (tertiary/aromatic N) is 1. The van der Waals surface area contributed by atoms with Gasteiger partial charge in [0.1, 0.15) is 0 Å². The van der Waals surface area contributed by atoms with Gasteiger partial charge in [-0.25, -0.2) is 4.98 Å². The molecule has 0 bridgehead atoms. The van der Waals surface area contributed by atoms with Gasteiger partial charge < -0.3 is 10.4 Å². The number of carbonyl (C=O) groups is 2. The average Bonchev–Trinajstić information content (AvgIpc) is 2.48. The molecule has 1 aromatic heterocycles. The Balaban J connectivity index is 3.03. The first kappa shape index (κ1) is 12.6. The number of aromatic nitrogens is 1. The second-order valence-corrected chi connectivity index (χ2v) is 4.90. The number of aryl methyl sites for hydroxylation is 1. The average molecular weight is 242 g/mol. The van der Waals surface area contributed by atoms with Gasteiger partial charge in [-0.2, -0.15) is 0 Å². The Morgan fingerprint density at radius 3 is 2.62 bits per heavy atom. The highest BCUT2D eigenvalue weighted by Crippen LogP contribution is 2.26. The minimum absolute atomic E-state index is 0.185. The fraction of sp³-hybridized carbons (Fsp3) is 0.500. The molecule has 2 N–H and O–H groups in total. The molecule has 0 saturated carbocycles. The van der Waals surface area contributed by atoms with Crippen LogP contribution in [0.3, 0.4) is 0 Å². The first-order chi connectivity index (χ1) is 7.33. The highest BCUT2D eigenvalue weighted by molar-refractivity contribution is 7.09. The van der Waals surface area contributed by atoms with Gasteiger partial charge in [0.05, 0.1) is 22.7 Å². The summed E-state index contributed by atoms with van der Waals surface area (Å²) in [6, 6.07) is 0. The zero-order chi connectivity index (χ0) is 12.3. The van der Waals surface area contributed by atoms with Gasteiger partial charge in [0.25, 0.3) is 0 Å². The van der Waals surface area contributed by atoms with Crippen molar-refractivity contribution in [1.29, 1.82) is 0 Å². The fourth-order valence-electron chi connectivity index (χ4n) is 1.51. The summed E-state index contributed by atoms with van der Waals surface area (Å²) in [4.78, 5) is 26.1.